The van der Waals surface area contributed by atoms with Crippen molar-refractivity contribution in [3.05, 3.63) is 38.5 Å². The van der Waals surface area contributed by atoms with Crippen molar-refractivity contribution in [2.45, 2.75) is 39.0 Å². The maximum Gasteiger partial charge on any atom is 0.243 e. The van der Waals surface area contributed by atoms with E-state index in [2.05, 4.69) is 59.3 Å². The lowest BCUT2D eigenvalue weighted by molar-refractivity contribution is -0.127. The second-order valence-electron chi connectivity index (χ2n) is 7.78. The summed E-state index contributed by atoms with van der Waals surface area (Å²) in [6, 6.07) is 4.18. The number of carbonyl (C=O) groups excluding carboxylic acids is 1. The fraction of sp³-hybridized carbons (Fsp3) is 0.550. The van der Waals surface area contributed by atoms with Crippen LogP contribution in [0.25, 0.3) is 0 Å². The number of amides is 1. The van der Waals surface area contributed by atoms with Crippen LogP contribution in [0, 0.1) is 0 Å². The molecule has 0 aromatic carbocycles. The van der Waals surface area contributed by atoms with Crippen molar-refractivity contribution in [3.8, 4) is 0 Å². The second kappa shape index (κ2) is 12.5. The van der Waals surface area contributed by atoms with Crippen LogP contribution in [0.2, 0.25) is 0 Å². The van der Waals surface area contributed by atoms with E-state index in [9.17, 15) is 4.79 Å². The molecular weight excluding hydrogens is 517 g/mol. The van der Waals surface area contributed by atoms with Crippen molar-refractivity contribution < 1.29 is 4.79 Å². The molecule has 2 heterocycles. The van der Waals surface area contributed by atoms with E-state index in [1.807, 2.05) is 0 Å². The number of aliphatic imine (C=N–C) groups is 1. The molecule has 0 fully saturated rings. The van der Waals surface area contributed by atoms with Gasteiger partial charge in [-0.25, -0.2) is 9.98 Å². The summed E-state index contributed by atoms with van der Waals surface area (Å²) in [6.07, 6.45) is 1.75. The zero-order valence-electron chi connectivity index (χ0n) is 17.8. The highest BCUT2D eigenvalue weighted by molar-refractivity contribution is 14.0. The molecule has 0 saturated heterocycles. The van der Waals surface area contributed by atoms with Crippen LogP contribution < -0.4 is 10.6 Å². The number of thiophene rings is 1. The van der Waals surface area contributed by atoms with Gasteiger partial charge in [0.05, 0.1) is 10.7 Å². The number of nitrogens with one attached hydrogen (secondary N) is 2. The van der Waals surface area contributed by atoms with Crippen molar-refractivity contribution in [2.24, 2.45) is 4.99 Å². The van der Waals surface area contributed by atoms with Crippen molar-refractivity contribution in [2.75, 3.05) is 33.7 Å². The van der Waals surface area contributed by atoms with Crippen LogP contribution >= 0.6 is 46.7 Å². The standard InChI is InChI=1S/C20H31N5OS2.HI/c1-20(2,3)18-24-15(14-28-18)8-10-21-19(23-13-17(26)25(4)5)22-11-9-16-7-6-12-27-16;/h6-7,12,14H,8-11,13H2,1-5H3,(H2,21,22,23);1H. The largest absolute Gasteiger partial charge is 0.356 e. The van der Waals surface area contributed by atoms with E-state index in [-0.39, 0.29) is 41.8 Å². The predicted molar refractivity (Wildman–Crippen MR) is 135 cm³/mol. The van der Waals surface area contributed by atoms with Gasteiger partial charge in [0.25, 0.3) is 0 Å². The smallest absolute Gasteiger partial charge is 0.243 e. The minimum Gasteiger partial charge on any atom is -0.356 e. The Balaban J connectivity index is 0.00000420. The third-order valence-electron chi connectivity index (χ3n) is 3.98. The molecule has 0 spiro atoms. The summed E-state index contributed by atoms with van der Waals surface area (Å²) in [5.41, 5.74) is 1.17. The van der Waals surface area contributed by atoms with E-state index < -0.39 is 0 Å². The van der Waals surface area contributed by atoms with E-state index in [1.54, 1.807) is 41.7 Å². The van der Waals surface area contributed by atoms with Crippen molar-refractivity contribution in [1.29, 1.82) is 0 Å². The van der Waals surface area contributed by atoms with E-state index in [0.29, 0.717) is 12.5 Å². The molecule has 2 rings (SSSR count). The van der Waals surface area contributed by atoms with Gasteiger partial charge in [-0.15, -0.1) is 46.7 Å². The molecule has 162 valence electrons. The molecule has 0 atom stereocenters. The van der Waals surface area contributed by atoms with E-state index in [0.717, 1.165) is 30.1 Å². The summed E-state index contributed by atoms with van der Waals surface area (Å²) in [7, 11) is 3.48. The lowest BCUT2D eigenvalue weighted by Crippen LogP contribution is -2.40. The Bertz CT molecular complexity index is 766. The van der Waals surface area contributed by atoms with Gasteiger partial charge in [-0.2, -0.15) is 0 Å². The molecule has 29 heavy (non-hydrogen) atoms. The van der Waals surface area contributed by atoms with Crippen LogP contribution in [-0.2, 0) is 23.1 Å². The third-order valence-corrected chi connectivity index (χ3v) is 6.24. The van der Waals surface area contributed by atoms with Crippen LogP contribution in [0.4, 0.5) is 0 Å². The summed E-state index contributed by atoms with van der Waals surface area (Å²) in [5.74, 6) is 0.645. The van der Waals surface area contributed by atoms with Gasteiger partial charge in [-0.1, -0.05) is 26.8 Å². The maximum atomic E-state index is 11.9. The lowest BCUT2D eigenvalue weighted by Gasteiger charge is -2.14. The third kappa shape index (κ3) is 9.43. The molecule has 0 aliphatic carbocycles. The Morgan fingerprint density at radius 1 is 1.17 bits per heavy atom. The first kappa shape index (κ1) is 25.8. The zero-order chi connectivity index (χ0) is 20.6. The number of carbonyl (C=O) groups is 1. The van der Waals surface area contributed by atoms with Gasteiger partial charge >= 0.3 is 0 Å². The van der Waals surface area contributed by atoms with Crippen molar-refractivity contribution in [3.63, 3.8) is 0 Å². The van der Waals surface area contributed by atoms with Gasteiger partial charge in [0.15, 0.2) is 5.96 Å². The van der Waals surface area contributed by atoms with Crippen molar-refractivity contribution >= 4 is 58.5 Å². The summed E-state index contributed by atoms with van der Waals surface area (Å²) in [6.45, 7) is 8.15. The number of thiazole rings is 1. The molecule has 6 nitrogen and oxygen atoms in total. The van der Waals surface area contributed by atoms with Gasteiger partial charge in [0.1, 0.15) is 6.54 Å². The Kier molecular flexibility index (Phi) is 11.1. The summed E-state index contributed by atoms with van der Waals surface area (Å²) in [5, 5.41) is 12.0. The van der Waals surface area contributed by atoms with Gasteiger partial charge in [-0.05, 0) is 17.9 Å². The zero-order valence-corrected chi connectivity index (χ0v) is 21.8. The first-order valence-electron chi connectivity index (χ1n) is 9.45. The molecular formula is C20H32IN5OS2. The van der Waals surface area contributed by atoms with Crippen LogP contribution in [0.1, 0.15) is 36.3 Å². The van der Waals surface area contributed by atoms with E-state index >= 15 is 0 Å². The van der Waals surface area contributed by atoms with Crippen LogP contribution in [0.3, 0.4) is 0 Å². The van der Waals surface area contributed by atoms with E-state index in [4.69, 9.17) is 4.98 Å². The number of guanidine groups is 1. The highest BCUT2D eigenvalue weighted by atomic mass is 127. The number of nitrogens with zero attached hydrogens (tertiary/aromatic N) is 3. The number of rotatable bonds is 8. The highest BCUT2D eigenvalue weighted by Gasteiger charge is 2.17. The minimum atomic E-state index is -0.0197. The molecule has 0 aliphatic heterocycles. The SMILES string of the molecule is CN(C)C(=O)CN=C(NCCc1csc(C(C)(C)C)n1)NCCc1cccs1.I. The summed E-state index contributed by atoms with van der Waals surface area (Å²) < 4.78 is 0. The molecule has 0 unspecified atom stereocenters. The number of halogens is 1. The molecule has 9 heteroatoms. The van der Waals surface area contributed by atoms with Crippen LogP contribution in [0.15, 0.2) is 27.9 Å². The molecule has 2 aromatic heterocycles. The first-order chi connectivity index (χ1) is 13.3. The topological polar surface area (TPSA) is 69.6 Å². The van der Waals surface area contributed by atoms with E-state index in [1.165, 1.54) is 4.88 Å². The second-order valence-corrected chi connectivity index (χ2v) is 9.67. The molecule has 0 bridgehead atoms. The van der Waals surface area contributed by atoms with Gasteiger partial charge in [0.2, 0.25) is 5.91 Å². The average Bonchev–Trinajstić information content (AvgIpc) is 3.30. The molecule has 0 aliphatic rings. The average molecular weight is 550 g/mol. The minimum absolute atomic E-state index is 0. The predicted octanol–water partition coefficient (Wildman–Crippen LogP) is 3.53. The van der Waals surface area contributed by atoms with Crippen LogP contribution in [0.5, 0.6) is 0 Å². The Labute approximate surface area is 199 Å². The van der Waals surface area contributed by atoms with Crippen LogP contribution in [-0.4, -0.2) is 55.5 Å². The van der Waals surface area contributed by atoms with Gasteiger partial charge < -0.3 is 15.5 Å². The van der Waals surface area contributed by atoms with Gasteiger partial charge in [-0.3, -0.25) is 4.79 Å². The number of likely N-dealkylation sites (N-methyl/N-ethyl adjacent to an activating group) is 1. The Morgan fingerprint density at radius 3 is 2.41 bits per heavy atom. The summed E-state index contributed by atoms with van der Waals surface area (Å²) in [4.78, 5) is 23.9. The maximum absolute atomic E-state index is 11.9. The highest BCUT2D eigenvalue weighted by Crippen LogP contribution is 2.25. The Morgan fingerprint density at radius 2 is 1.86 bits per heavy atom. The molecule has 0 radical (unpaired) electrons. The normalized spacial score (nSPS) is 11.7. The number of hydrogen-bond acceptors (Lipinski definition) is 5. The molecule has 0 saturated carbocycles. The van der Waals surface area contributed by atoms with Gasteiger partial charge in [0, 0.05) is 49.3 Å². The summed E-state index contributed by atoms with van der Waals surface area (Å²) >= 11 is 3.46. The number of aromatic nitrogens is 1. The quantitative estimate of drug-likeness (QED) is 0.301. The number of hydrogen-bond donors (Lipinski definition) is 2. The molecule has 1 amide bonds. The molecule has 2 aromatic rings. The molecule has 2 N–H and O–H groups in total. The fourth-order valence-corrected chi connectivity index (χ4v) is 3.95. The lowest BCUT2D eigenvalue weighted by atomic mass is 9.98. The fourth-order valence-electron chi connectivity index (χ4n) is 2.30. The van der Waals surface area contributed by atoms with Crippen molar-refractivity contribution in [1.82, 2.24) is 20.5 Å². The Hall–Kier alpha value is -1.20. The first-order valence-corrected chi connectivity index (χ1v) is 11.2. The monoisotopic (exact) mass is 549 g/mol.